The van der Waals surface area contributed by atoms with Gasteiger partial charge in [0, 0.05) is 43.7 Å². The molecule has 1 amide bonds. The molecule has 0 aromatic heterocycles. The highest BCUT2D eigenvalue weighted by molar-refractivity contribution is 5.94. The lowest BCUT2D eigenvalue weighted by Crippen LogP contribution is -2.45. The van der Waals surface area contributed by atoms with Crippen LogP contribution in [-0.2, 0) is 6.54 Å². The van der Waals surface area contributed by atoms with Crippen molar-refractivity contribution in [2.45, 2.75) is 57.5 Å². The van der Waals surface area contributed by atoms with Crippen LogP contribution in [0.4, 0.5) is 8.78 Å². The van der Waals surface area contributed by atoms with Gasteiger partial charge in [0.1, 0.15) is 11.6 Å². The van der Waals surface area contributed by atoms with Crippen molar-refractivity contribution in [3.63, 3.8) is 0 Å². The first kappa shape index (κ1) is 25.6. The highest BCUT2D eigenvalue weighted by atomic mass is 19.1. The number of rotatable bonds is 7. The maximum absolute atomic E-state index is 13.9. The Morgan fingerprint density at radius 3 is 2.38 bits per heavy atom. The molecule has 2 aliphatic rings. The van der Waals surface area contributed by atoms with Crippen LogP contribution in [0.1, 0.15) is 65.1 Å². The summed E-state index contributed by atoms with van der Waals surface area (Å²) in [6.07, 6.45) is 5.51. The number of hydrogen-bond donors (Lipinski definition) is 0. The quantitative estimate of drug-likeness (QED) is 0.349. The molecular formula is C32H36F2N2O. The highest BCUT2D eigenvalue weighted by Crippen LogP contribution is 2.37. The molecule has 1 heterocycles. The molecule has 1 saturated heterocycles. The minimum absolute atomic E-state index is 0.000913. The maximum atomic E-state index is 13.9. The highest BCUT2D eigenvalue weighted by Gasteiger charge is 2.38. The van der Waals surface area contributed by atoms with Crippen LogP contribution in [0.15, 0.2) is 72.8 Å². The smallest absolute Gasteiger partial charge is 0.254 e. The normalized spacial score (nSPS) is 20.7. The van der Waals surface area contributed by atoms with Crippen molar-refractivity contribution in [1.29, 1.82) is 0 Å². The van der Waals surface area contributed by atoms with Crippen molar-refractivity contribution in [1.82, 2.24) is 9.80 Å². The largest absolute Gasteiger partial charge is 0.335 e. The van der Waals surface area contributed by atoms with Crippen molar-refractivity contribution >= 4 is 5.91 Å². The van der Waals surface area contributed by atoms with Gasteiger partial charge in [-0.05, 0) is 78.8 Å². The molecule has 1 aliphatic carbocycles. The van der Waals surface area contributed by atoms with Gasteiger partial charge in [-0.25, -0.2) is 8.78 Å². The third-order valence-corrected chi connectivity index (χ3v) is 8.20. The van der Waals surface area contributed by atoms with Gasteiger partial charge in [-0.3, -0.25) is 9.69 Å². The number of hydrogen-bond acceptors (Lipinski definition) is 2. The molecule has 5 rings (SSSR count). The monoisotopic (exact) mass is 502 g/mol. The number of amides is 1. The Labute approximate surface area is 219 Å². The molecule has 2 fully saturated rings. The lowest BCUT2D eigenvalue weighted by molar-refractivity contribution is 0.0588. The first-order chi connectivity index (χ1) is 18.0. The van der Waals surface area contributed by atoms with Crippen LogP contribution in [0.5, 0.6) is 0 Å². The second kappa shape index (κ2) is 11.6. The minimum Gasteiger partial charge on any atom is -0.335 e. The standard InChI is InChI=1S/C32H36F2N2O/c1-23-8-5-6-13-30(23)31-22-35(19-24-9-7-10-28(34)18-24)20-26(31)21-36(29-11-3-2-4-12-29)32(37)25-14-16-27(33)17-15-25/h5-10,13-18,26,29,31H,2-4,11-12,19-22H2,1H3. The summed E-state index contributed by atoms with van der Waals surface area (Å²) in [4.78, 5) is 18.3. The van der Waals surface area contributed by atoms with Gasteiger partial charge >= 0.3 is 0 Å². The predicted octanol–water partition coefficient (Wildman–Crippen LogP) is 6.96. The summed E-state index contributed by atoms with van der Waals surface area (Å²) < 4.78 is 27.5. The summed E-state index contributed by atoms with van der Waals surface area (Å²) in [5, 5.41) is 0. The SMILES string of the molecule is Cc1ccccc1C1CN(Cc2cccc(F)c2)CC1CN(C(=O)c1ccc(F)cc1)C1CCCCC1. The van der Waals surface area contributed by atoms with Crippen molar-refractivity contribution in [2.24, 2.45) is 5.92 Å². The van der Waals surface area contributed by atoms with Crippen molar-refractivity contribution in [2.75, 3.05) is 19.6 Å². The molecule has 1 aliphatic heterocycles. The average molecular weight is 503 g/mol. The van der Waals surface area contributed by atoms with Crippen molar-refractivity contribution < 1.29 is 13.6 Å². The summed E-state index contributed by atoms with van der Waals surface area (Å²) in [7, 11) is 0. The molecule has 0 spiro atoms. The van der Waals surface area contributed by atoms with E-state index in [9.17, 15) is 13.6 Å². The molecule has 194 valence electrons. The van der Waals surface area contributed by atoms with Gasteiger partial charge in [-0.1, -0.05) is 55.7 Å². The Morgan fingerprint density at radius 2 is 1.65 bits per heavy atom. The number of halogens is 2. The molecule has 3 aromatic carbocycles. The van der Waals surface area contributed by atoms with Gasteiger partial charge in [-0.15, -0.1) is 0 Å². The molecule has 37 heavy (non-hydrogen) atoms. The van der Waals surface area contributed by atoms with Crippen LogP contribution in [-0.4, -0.2) is 41.4 Å². The minimum atomic E-state index is -0.329. The van der Waals surface area contributed by atoms with Crippen molar-refractivity contribution in [3.8, 4) is 0 Å². The van der Waals surface area contributed by atoms with Crippen LogP contribution in [0, 0.1) is 24.5 Å². The number of carbonyl (C=O) groups excluding carboxylic acids is 1. The van der Waals surface area contributed by atoms with E-state index in [0.717, 1.165) is 44.3 Å². The van der Waals surface area contributed by atoms with E-state index in [0.29, 0.717) is 18.7 Å². The van der Waals surface area contributed by atoms with E-state index in [1.165, 1.54) is 35.7 Å². The summed E-state index contributed by atoms with van der Waals surface area (Å²) in [5.41, 5.74) is 4.11. The zero-order chi connectivity index (χ0) is 25.8. The van der Waals surface area contributed by atoms with E-state index < -0.39 is 0 Å². The second-order valence-electron chi connectivity index (χ2n) is 10.8. The van der Waals surface area contributed by atoms with E-state index in [2.05, 4.69) is 41.0 Å². The lowest BCUT2D eigenvalue weighted by Gasteiger charge is -2.37. The van der Waals surface area contributed by atoms with E-state index in [1.54, 1.807) is 24.3 Å². The van der Waals surface area contributed by atoms with E-state index in [-0.39, 0.29) is 35.4 Å². The van der Waals surface area contributed by atoms with Gasteiger partial charge in [0.15, 0.2) is 0 Å². The third kappa shape index (κ3) is 6.10. The summed E-state index contributed by atoms with van der Waals surface area (Å²) in [5.74, 6) is -0.0110. The Kier molecular flexibility index (Phi) is 7.99. The first-order valence-corrected chi connectivity index (χ1v) is 13.6. The number of benzene rings is 3. The van der Waals surface area contributed by atoms with Gasteiger partial charge < -0.3 is 4.90 Å². The third-order valence-electron chi connectivity index (χ3n) is 8.20. The Morgan fingerprint density at radius 1 is 0.892 bits per heavy atom. The van der Waals surface area contributed by atoms with Crippen LogP contribution >= 0.6 is 0 Å². The average Bonchev–Trinajstić information content (AvgIpc) is 3.30. The molecule has 2 atom stereocenters. The van der Waals surface area contributed by atoms with Crippen LogP contribution in [0.3, 0.4) is 0 Å². The fraction of sp³-hybridized carbons (Fsp3) is 0.406. The number of carbonyl (C=O) groups is 1. The van der Waals surface area contributed by atoms with Crippen LogP contribution in [0.2, 0.25) is 0 Å². The molecule has 0 radical (unpaired) electrons. The van der Waals surface area contributed by atoms with Gasteiger partial charge in [0.05, 0.1) is 0 Å². The fourth-order valence-electron chi connectivity index (χ4n) is 6.32. The molecule has 2 unspecified atom stereocenters. The van der Waals surface area contributed by atoms with Gasteiger partial charge in [0.25, 0.3) is 5.91 Å². The first-order valence-electron chi connectivity index (χ1n) is 13.6. The summed E-state index contributed by atoms with van der Waals surface area (Å²) in [6.45, 7) is 5.22. The van der Waals surface area contributed by atoms with E-state index >= 15 is 0 Å². The Balaban J connectivity index is 1.43. The zero-order valence-corrected chi connectivity index (χ0v) is 21.6. The number of likely N-dealkylation sites (tertiary alicyclic amines) is 1. The molecule has 0 N–H and O–H groups in total. The number of aryl methyl sites for hydroxylation is 1. The molecule has 3 nitrogen and oxygen atoms in total. The zero-order valence-electron chi connectivity index (χ0n) is 21.6. The molecule has 3 aromatic rings. The van der Waals surface area contributed by atoms with E-state index in [4.69, 9.17) is 0 Å². The van der Waals surface area contributed by atoms with Crippen molar-refractivity contribution in [3.05, 3.63) is 107 Å². The second-order valence-corrected chi connectivity index (χ2v) is 10.8. The summed E-state index contributed by atoms with van der Waals surface area (Å²) >= 11 is 0. The molecule has 5 heteroatoms. The molecular weight excluding hydrogens is 466 g/mol. The molecule has 0 bridgehead atoms. The summed E-state index contributed by atoms with van der Waals surface area (Å²) in [6, 6.07) is 21.5. The maximum Gasteiger partial charge on any atom is 0.254 e. The Hall–Kier alpha value is -3.05. The lowest BCUT2D eigenvalue weighted by atomic mass is 9.85. The predicted molar refractivity (Wildman–Crippen MR) is 143 cm³/mol. The Bertz CT molecular complexity index is 1210. The van der Waals surface area contributed by atoms with Crippen LogP contribution < -0.4 is 0 Å². The molecule has 1 saturated carbocycles. The van der Waals surface area contributed by atoms with Gasteiger partial charge in [-0.2, -0.15) is 0 Å². The van der Waals surface area contributed by atoms with Gasteiger partial charge in [0.2, 0.25) is 0 Å². The fourth-order valence-corrected chi connectivity index (χ4v) is 6.32. The topological polar surface area (TPSA) is 23.6 Å². The van der Waals surface area contributed by atoms with Crippen LogP contribution in [0.25, 0.3) is 0 Å². The number of nitrogens with zero attached hydrogens (tertiary/aromatic N) is 2. The van der Waals surface area contributed by atoms with E-state index in [1.807, 2.05) is 6.07 Å².